The molecule has 6 heteroatoms. The number of aromatic amines is 1. The van der Waals surface area contributed by atoms with Gasteiger partial charge in [0.2, 0.25) is 0 Å². The maximum absolute atomic E-state index is 5.58. The SMILES string of the molecule is CCCn1c(-c2ccco2)nc2ccc(NCCc3c[nH]c4ccccc34)nc21. The van der Waals surface area contributed by atoms with Crippen LogP contribution >= 0.6 is 0 Å². The molecule has 0 aliphatic rings. The number of nitrogens with zero attached hydrogens (tertiary/aromatic N) is 3. The second kappa shape index (κ2) is 7.47. The standard InChI is InChI=1S/C23H23N5O/c1-2-13-28-22-19(26-23(28)20-8-5-14-29-20)9-10-21(27-22)24-12-11-16-15-25-18-7-4-3-6-17(16)18/h3-10,14-15,25H,2,11-13H2,1H3,(H,24,27). The fourth-order valence-corrected chi connectivity index (χ4v) is 3.79. The normalized spacial score (nSPS) is 11.5. The highest BCUT2D eigenvalue weighted by Gasteiger charge is 2.15. The third kappa shape index (κ3) is 3.27. The van der Waals surface area contributed by atoms with Crippen LogP contribution in [-0.4, -0.2) is 26.1 Å². The summed E-state index contributed by atoms with van der Waals surface area (Å²) < 4.78 is 7.72. The number of furan rings is 1. The molecule has 0 radical (unpaired) electrons. The van der Waals surface area contributed by atoms with Gasteiger partial charge in [0.25, 0.3) is 0 Å². The Balaban J connectivity index is 1.38. The van der Waals surface area contributed by atoms with Gasteiger partial charge in [-0.15, -0.1) is 0 Å². The molecular formula is C23H23N5O. The van der Waals surface area contributed by atoms with Gasteiger partial charge in [0.05, 0.1) is 6.26 Å². The number of imidazole rings is 1. The smallest absolute Gasteiger partial charge is 0.178 e. The van der Waals surface area contributed by atoms with Gasteiger partial charge in [0, 0.05) is 30.2 Å². The fourth-order valence-electron chi connectivity index (χ4n) is 3.79. The number of aromatic nitrogens is 4. The van der Waals surface area contributed by atoms with Crippen molar-refractivity contribution >= 4 is 27.9 Å². The van der Waals surface area contributed by atoms with Gasteiger partial charge in [0.1, 0.15) is 11.3 Å². The van der Waals surface area contributed by atoms with Crippen molar-refractivity contribution in [2.75, 3.05) is 11.9 Å². The molecule has 0 unspecified atom stereocenters. The summed E-state index contributed by atoms with van der Waals surface area (Å²) in [6.45, 7) is 3.81. The van der Waals surface area contributed by atoms with E-state index in [1.54, 1.807) is 6.26 Å². The van der Waals surface area contributed by atoms with Crippen LogP contribution in [0.5, 0.6) is 0 Å². The predicted octanol–water partition coefficient (Wildman–Crippen LogP) is 5.24. The molecular weight excluding hydrogens is 362 g/mol. The monoisotopic (exact) mass is 385 g/mol. The predicted molar refractivity (Wildman–Crippen MR) is 116 cm³/mol. The zero-order valence-electron chi connectivity index (χ0n) is 16.4. The number of pyridine rings is 1. The number of hydrogen-bond donors (Lipinski definition) is 2. The molecule has 0 aliphatic carbocycles. The molecule has 1 aromatic carbocycles. The van der Waals surface area contributed by atoms with Crippen molar-refractivity contribution in [1.82, 2.24) is 19.5 Å². The van der Waals surface area contributed by atoms with Gasteiger partial charge < -0.3 is 19.3 Å². The molecule has 29 heavy (non-hydrogen) atoms. The second-order valence-electron chi connectivity index (χ2n) is 7.14. The lowest BCUT2D eigenvalue weighted by Gasteiger charge is -2.08. The number of benzene rings is 1. The van der Waals surface area contributed by atoms with Crippen LogP contribution in [0.4, 0.5) is 5.82 Å². The molecule has 0 atom stereocenters. The largest absolute Gasteiger partial charge is 0.461 e. The van der Waals surface area contributed by atoms with E-state index >= 15 is 0 Å². The Morgan fingerprint density at radius 3 is 2.86 bits per heavy atom. The number of nitrogens with one attached hydrogen (secondary N) is 2. The summed E-state index contributed by atoms with van der Waals surface area (Å²) in [6.07, 6.45) is 5.69. The molecule has 0 spiro atoms. The fraction of sp³-hybridized carbons (Fsp3) is 0.217. The van der Waals surface area contributed by atoms with Gasteiger partial charge >= 0.3 is 0 Å². The molecule has 2 N–H and O–H groups in total. The van der Waals surface area contributed by atoms with Crippen molar-refractivity contribution < 1.29 is 4.42 Å². The molecule has 4 aromatic heterocycles. The van der Waals surface area contributed by atoms with E-state index in [4.69, 9.17) is 14.4 Å². The Hall–Kier alpha value is -3.54. The average Bonchev–Trinajstić information content (AvgIpc) is 3.48. The van der Waals surface area contributed by atoms with Crippen molar-refractivity contribution in [3.8, 4) is 11.6 Å². The minimum atomic E-state index is 0.769. The number of fused-ring (bicyclic) bond motifs is 2. The number of hydrogen-bond acceptors (Lipinski definition) is 4. The van der Waals surface area contributed by atoms with Gasteiger partial charge in [-0.05, 0) is 48.7 Å². The van der Waals surface area contributed by atoms with E-state index in [1.165, 1.54) is 16.5 Å². The summed E-state index contributed by atoms with van der Waals surface area (Å²) in [6, 6.07) is 16.2. The lowest BCUT2D eigenvalue weighted by molar-refractivity contribution is 0.568. The van der Waals surface area contributed by atoms with E-state index in [2.05, 4.69) is 52.3 Å². The quantitative estimate of drug-likeness (QED) is 0.402. The number of anilines is 1. The Morgan fingerprint density at radius 1 is 1.07 bits per heavy atom. The van der Waals surface area contributed by atoms with E-state index in [0.717, 1.165) is 54.5 Å². The van der Waals surface area contributed by atoms with Gasteiger partial charge in [-0.1, -0.05) is 25.1 Å². The first-order valence-electron chi connectivity index (χ1n) is 10.0. The first kappa shape index (κ1) is 17.6. The van der Waals surface area contributed by atoms with Crippen LogP contribution in [0.15, 0.2) is 65.4 Å². The van der Waals surface area contributed by atoms with E-state index in [-0.39, 0.29) is 0 Å². The lowest BCUT2D eigenvalue weighted by atomic mass is 10.1. The topological polar surface area (TPSA) is 71.7 Å². The summed E-state index contributed by atoms with van der Waals surface area (Å²) in [5.74, 6) is 2.46. The van der Waals surface area contributed by atoms with Crippen molar-refractivity contribution in [2.24, 2.45) is 0 Å². The van der Waals surface area contributed by atoms with Crippen molar-refractivity contribution in [3.05, 3.63) is 66.6 Å². The first-order valence-corrected chi connectivity index (χ1v) is 10.0. The summed E-state index contributed by atoms with van der Waals surface area (Å²) in [4.78, 5) is 12.9. The molecule has 5 aromatic rings. The summed E-state index contributed by atoms with van der Waals surface area (Å²) in [5.41, 5.74) is 4.25. The molecule has 146 valence electrons. The Morgan fingerprint density at radius 2 is 2.00 bits per heavy atom. The number of H-pyrrole nitrogens is 1. The second-order valence-corrected chi connectivity index (χ2v) is 7.14. The van der Waals surface area contributed by atoms with Gasteiger partial charge in [-0.3, -0.25) is 0 Å². The Kier molecular flexibility index (Phi) is 4.52. The molecule has 0 amide bonds. The zero-order chi connectivity index (χ0) is 19.6. The minimum Gasteiger partial charge on any atom is -0.461 e. The van der Waals surface area contributed by atoms with E-state index < -0.39 is 0 Å². The average molecular weight is 385 g/mol. The van der Waals surface area contributed by atoms with E-state index in [9.17, 15) is 0 Å². The van der Waals surface area contributed by atoms with Gasteiger partial charge in [-0.2, -0.15) is 0 Å². The molecule has 6 nitrogen and oxygen atoms in total. The molecule has 4 heterocycles. The summed E-state index contributed by atoms with van der Waals surface area (Å²) in [5, 5.41) is 4.74. The van der Waals surface area contributed by atoms with Crippen molar-refractivity contribution in [3.63, 3.8) is 0 Å². The number of para-hydroxylation sites is 1. The summed E-state index contributed by atoms with van der Waals surface area (Å²) >= 11 is 0. The molecule has 0 saturated heterocycles. The van der Waals surface area contributed by atoms with Gasteiger partial charge in [0.15, 0.2) is 17.2 Å². The van der Waals surface area contributed by atoms with Crippen LogP contribution in [0.2, 0.25) is 0 Å². The zero-order valence-corrected chi connectivity index (χ0v) is 16.4. The van der Waals surface area contributed by atoms with E-state index in [0.29, 0.717) is 0 Å². The van der Waals surface area contributed by atoms with Gasteiger partial charge in [-0.25, -0.2) is 9.97 Å². The molecule has 5 rings (SSSR count). The molecule has 0 fully saturated rings. The van der Waals surface area contributed by atoms with Crippen LogP contribution in [0.25, 0.3) is 33.7 Å². The molecule has 0 aliphatic heterocycles. The molecule has 0 saturated carbocycles. The lowest BCUT2D eigenvalue weighted by Crippen LogP contribution is -2.07. The highest BCUT2D eigenvalue weighted by molar-refractivity contribution is 5.83. The van der Waals surface area contributed by atoms with Crippen LogP contribution < -0.4 is 5.32 Å². The third-order valence-electron chi connectivity index (χ3n) is 5.16. The highest BCUT2D eigenvalue weighted by atomic mass is 16.3. The Bertz CT molecular complexity index is 1250. The first-order chi connectivity index (χ1) is 14.3. The Labute approximate surface area is 168 Å². The summed E-state index contributed by atoms with van der Waals surface area (Å²) in [7, 11) is 0. The van der Waals surface area contributed by atoms with Crippen LogP contribution in [0.3, 0.4) is 0 Å². The van der Waals surface area contributed by atoms with Crippen molar-refractivity contribution in [1.29, 1.82) is 0 Å². The van der Waals surface area contributed by atoms with Crippen LogP contribution in [0, 0.1) is 0 Å². The highest BCUT2D eigenvalue weighted by Crippen LogP contribution is 2.26. The maximum Gasteiger partial charge on any atom is 0.178 e. The van der Waals surface area contributed by atoms with Crippen LogP contribution in [-0.2, 0) is 13.0 Å². The maximum atomic E-state index is 5.58. The third-order valence-corrected chi connectivity index (χ3v) is 5.16. The number of aryl methyl sites for hydroxylation is 1. The van der Waals surface area contributed by atoms with Crippen molar-refractivity contribution in [2.45, 2.75) is 26.3 Å². The minimum absolute atomic E-state index is 0.769. The number of rotatable bonds is 7. The van der Waals surface area contributed by atoms with Crippen LogP contribution in [0.1, 0.15) is 18.9 Å². The molecule has 0 bridgehead atoms. The van der Waals surface area contributed by atoms with E-state index in [1.807, 2.05) is 24.3 Å².